The fourth-order valence-corrected chi connectivity index (χ4v) is 3.01. The molecule has 6 heteroatoms. The maximum absolute atomic E-state index is 10.7. The van der Waals surface area contributed by atoms with Crippen molar-refractivity contribution in [2.45, 2.75) is 51.3 Å². The van der Waals surface area contributed by atoms with Crippen molar-refractivity contribution in [2.24, 2.45) is 0 Å². The number of nitro groups is 1. The molecule has 1 N–H and O–H groups in total. The lowest BCUT2D eigenvalue weighted by Crippen LogP contribution is -2.48. The summed E-state index contributed by atoms with van der Waals surface area (Å²) in [6.07, 6.45) is 2.94. The Kier molecular flexibility index (Phi) is 5.74. The zero-order valence-electron chi connectivity index (χ0n) is 13.1. The molecule has 1 aromatic carbocycles. The second kappa shape index (κ2) is 7.56. The van der Waals surface area contributed by atoms with E-state index in [9.17, 15) is 15.2 Å². The first kappa shape index (κ1) is 16.7. The number of likely N-dealkylation sites (tertiary alicyclic amines) is 1. The molecule has 0 bridgehead atoms. The van der Waals surface area contributed by atoms with E-state index >= 15 is 0 Å². The van der Waals surface area contributed by atoms with Gasteiger partial charge in [0.15, 0.2) is 0 Å². The number of benzene rings is 1. The summed E-state index contributed by atoms with van der Waals surface area (Å²) >= 11 is 0. The molecule has 1 fully saturated rings. The number of piperidine rings is 1. The van der Waals surface area contributed by atoms with Gasteiger partial charge in [0.25, 0.3) is 5.69 Å². The van der Waals surface area contributed by atoms with Crippen molar-refractivity contribution in [1.29, 1.82) is 0 Å². The molecular weight excluding hydrogens is 284 g/mol. The summed E-state index contributed by atoms with van der Waals surface area (Å²) in [6, 6.07) is 6.96. The van der Waals surface area contributed by atoms with Crippen LogP contribution in [0, 0.1) is 10.1 Å². The van der Waals surface area contributed by atoms with Crippen molar-refractivity contribution in [1.82, 2.24) is 4.90 Å². The van der Waals surface area contributed by atoms with Crippen molar-refractivity contribution in [3.8, 4) is 5.75 Å². The largest absolute Gasteiger partial charge is 0.491 e. The summed E-state index contributed by atoms with van der Waals surface area (Å²) in [5.41, 5.74) is -0.00901. The van der Waals surface area contributed by atoms with Crippen LogP contribution in [0.4, 0.5) is 5.69 Å². The molecular formula is C16H24N2O4. The Bertz CT molecular complexity index is 499. The van der Waals surface area contributed by atoms with Gasteiger partial charge in [-0.3, -0.25) is 15.0 Å². The smallest absolute Gasteiger partial charge is 0.273 e. The Morgan fingerprint density at radius 2 is 2.09 bits per heavy atom. The number of ether oxygens (including phenoxy) is 1. The molecule has 1 heterocycles. The third-order valence-electron chi connectivity index (χ3n) is 4.27. The lowest BCUT2D eigenvalue weighted by atomic mass is 9.97. The summed E-state index contributed by atoms with van der Waals surface area (Å²) in [5.74, 6) is 0.410. The first-order chi connectivity index (χ1) is 10.5. The number of hydrogen-bond donors (Lipinski definition) is 1. The van der Waals surface area contributed by atoms with Crippen LogP contribution < -0.4 is 4.74 Å². The highest BCUT2D eigenvalue weighted by Crippen LogP contribution is 2.23. The van der Waals surface area contributed by atoms with Gasteiger partial charge in [-0.2, -0.15) is 0 Å². The molecule has 3 atom stereocenters. The van der Waals surface area contributed by atoms with Gasteiger partial charge in [0.05, 0.1) is 11.0 Å². The normalized spacial score (nSPS) is 24.0. The van der Waals surface area contributed by atoms with E-state index in [0.717, 1.165) is 12.8 Å². The van der Waals surface area contributed by atoms with Gasteiger partial charge in [-0.05, 0) is 32.8 Å². The molecule has 2 rings (SSSR count). The van der Waals surface area contributed by atoms with Crippen LogP contribution in [0.5, 0.6) is 5.75 Å². The molecule has 22 heavy (non-hydrogen) atoms. The topological polar surface area (TPSA) is 75.8 Å². The highest BCUT2D eigenvalue weighted by molar-refractivity contribution is 5.37. The number of β-amino-alcohol motifs (C(OH)–C–C–N with tert-alkyl or cyclic N) is 1. The second-order valence-corrected chi connectivity index (χ2v) is 6.05. The first-order valence-electron chi connectivity index (χ1n) is 7.78. The van der Waals surface area contributed by atoms with Crippen molar-refractivity contribution < 1.29 is 14.8 Å². The van der Waals surface area contributed by atoms with E-state index in [2.05, 4.69) is 18.7 Å². The average molecular weight is 308 g/mol. The Morgan fingerprint density at radius 3 is 2.73 bits per heavy atom. The van der Waals surface area contributed by atoms with Crippen molar-refractivity contribution in [3.05, 3.63) is 34.4 Å². The minimum Gasteiger partial charge on any atom is -0.491 e. The molecule has 0 amide bonds. The number of non-ortho nitro benzene ring substituents is 1. The van der Waals surface area contributed by atoms with Crippen LogP contribution in [0.3, 0.4) is 0 Å². The molecule has 0 radical (unpaired) electrons. The summed E-state index contributed by atoms with van der Waals surface area (Å²) in [5, 5.41) is 20.9. The molecule has 0 saturated carbocycles. The molecule has 1 unspecified atom stereocenters. The number of aliphatic hydroxyl groups is 1. The van der Waals surface area contributed by atoms with Gasteiger partial charge in [0.2, 0.25) is 0 Å². The maximum Gasteiger partial charge on any atom is 0.273 e. The zero-order chi connectivity index (χ0) is 16.1. The van der Waals surface area contributed by atoms with E-state index in [-0.39, 0.29) is 12.3 Å². The number of hydrogen-bond acceptors (Lipinski definition) is 5. The molecule has 0 aromatic heterocycles. The Labute approximate surface area is 130 Å². The van der Waals surface area contributed by atoms with Crippen molar-refractivity contribution >= 4 is 5.69 Å². The summed E-state index contributed by atoms with van der Waals surface area (Å²) in [6.45, 7) is 5.07. The predicted molar refractivity (Wildman–Crippen MR) is 84.1 cm³/mol. The monoisotopic (exact) mass is 308 g/mol. The highest BCUT2D eigenvalue weighted by atomic mass is 16.6. The Morgan fingerprint density at radius 1 is 1.41 bits per heavy atom. The van der Waals surface area contributed by atoms with Crippen LogP contribution in [0.1, 0.15) is 33.1 Å². The van der Waals surface area contributed by atoms with E-state index in [4.69, 9.17) is 4.74 Å². The third-order valence-corrected chi connectivity index (χ3v) is 4.27. The third kappa shape index (κ3) is 4.42. The SMILES string of the molecule is C[C@@H]1CCC[C@H](C)N1CC(O)COc1cccc([N+](=O)[O-])c1. The summed E-state index contributed by atoms with van der Waals surface area (Å²) < 4.78 is 5.49. The number of nitrogens with zero attached hydrogens (tertiary/aromatic N) is 2. The van der Waals surface area contributed by atoms with Gasteiger partial charge in [-0.15, -0.1) is 0 Å². The van der Waals surface area contributed by atoms with Crippen LogP contribution in [-0.4, -0.2) is 46.3 Å². The van der Waals surface area contributed by atoms with Gasteiger partial charge in [-0.1, -0.05) is 12.5 Å². The second-order valence-electron chi connectivity index (χ2n) is 6.05. The van der Waals surface area contributed by atoms with Gasteiger partial charge in [0.1, 0.15) is 18.5 Å². The van der Waals surface area contributed by atoms with Gasteiger partial charge >= 0.3 is 0 Å². The quantitative estimate of drug-likeness (QED) is 0.646. The Hall–Kier alpha value is -1.66. The number of aliphatic hydroxyl groups excluding tert-OH is 1. The first-order valence-corrected chi connectivity index (χ1v) is 7.78. The van der Waals surface area contributed by atoms with Gasteiger partial charge in [0, 0.05) is 24.7 Å². The number of nitro benzene ring substituents is 1. The van der Waals surface area contributed by atoms with Crippen LogP contribution in [-0.2, 0) is 0 Å². The Balaban J connectivity index is 1.86. The van der Waals surface area contributed by atoms with E-state index in [1.54, 1.807) is 12.1 Å². The molecule has 1 aliphatic rings. The van der Waals surface area contributed by atoms with Crippen LogP contribution in [0.2, 0.25) is 0 Å². The molecule has 1 saturated heterocycles. The van der Waals surface area contributed by atoms with Crippen molar-refractivity contribution in [3.63, 3.8) is 0 Å². The van der Waals surface area contributed by atoms with Crippen LogP contribution in [0.25, 0.3) is 0 Å². The molecule has 122 valence electrons. The summed E-state index contributed by atoms with van der Waals surface area (Å²) in [4.78, 5) is 12.6. The minimum atomic E-state index is -0.609. The molecule has 0 spiro atoms. The fraction of sp³-hybridized carbons (Fsp3) is 0.625. The van der Waals surface area contributed by atoms with Crippen molar-refractivity contribution in [2.75, 3.05) is 13.2 Å². The zero-order valence-corrected chi connectivity index (χ0v) is 13.1. The predicted octanol–water partition coefficient (Wildman–Crippen LogP) is 2.60. The molecule has 0 aliphatic carbocycles. The van der Waals surface area contributed by atoms with Crippen LogP contribution in [0.15, 0.2) is 24.3 Å². The van der Waals surface area contributed by atoms with E-state index in [0.29, 0.717) is 24.4 Å². The van der Waals surface area contributed by atoms with E-state index < -0.39 is 11.0 Å². The summed E-state index contributed by atoms with van der Waals surface area (Å²) in [7, 11) is 0. The molecule has 1 aromatic rings. The standard InChI is InChI=1S/C16H24N2O4/c1-12-5-3-6-13(2)17(12)10-15(19)11-22-16-8-4-7-14(9-16)18(20)21/h4,7-9,12-13,15,19H,3,5-6,10-11H2,1-2H3/t12-,13+,15?. The van der Waals surface area contributed by atoms with E-state index in [1.807, 2.05) is 0 Å². The van der Waals surface area contributed by atoms with Crippen LogP contribution >= 0.6 is 0 Å². The minimum absolute atomic E-state index is 0.00901. The lowest BCUT2D eigenvalue weighted by molar-refractivity contribution is -0.384. The molecule has 6 nitrogen and oxygen atoms in total. The maximum atomic E-state index is 10.7. The van der Waals surface area contributed by atoms with Gasteiger partial charge in [-0.25, -0.2) is 0 Å². The average Bonchev–Trinajstić information content (AvgIpc) is 2.49. The molecule has 1 aliphatic heterocycles. The fourth-order valence-electron chi connectivity index (χ4n) is 3.01. The number of rotatable bonds is 6. The van der Waals surface area contributed by atoms with E-state index in [1.165, 1.54) is 18.6 Å². The van der Waals surface area contributed by atoms with Gasteiger partial charge < -0.3 is 9.84 Å². The lowest BCUT2D eigenvalue weighted by Gasteiger charge is -2.40. The highest BCUT2D eigenvalue weighted by Gasteiger charge is 2.26.